The fourth-order valence-corrected chi connectivity index (χ4v) is 2.39. The molecule has 1 atom stereocenters. The molecule has 0 bridgehead atoms. The molecule has 0 amide bonds. The number of rotatable bonds is 4. The zero-order valence-corrected chi connectivity index (χ0v) is 10.9. The van der Waals surface area contributed by atoms with Crippen molar-refractivity contribution >= 4 is 22.4 Å². The fourth-order valence-electron chi connectivity index (χ4n) is 1.61. The normalized spacial score (nSPS) is 12.2. The molecule has 1 aromatic heterocycles. The summed E-state index contributed by atoms with van der Waals surface area (Å²) >= 11 is 1.24. The first kappa shape index (κ1) is 12.6. The van der Waals surface area contributed by atoms with Gasteiger partial charge in [-0.3, -0.25) is 0 Å². The minimum absolute atomic E-state index is 0.0133. The number of methoxy groups -OCH3 is 1. The first-order valence-electron chi connectivity index (χ1n) is 5.43. The molecule has 0 aliphatic carbocycles. The third kappa shape index (κ3) is 2.53. The number of nitrogen functional groups attached to an aromatic ring is 1. The van der Waals surface area contributed by atoms with Crippen LogP contribution in [-0.2, 0) is 0 Å². The van der Waals surface area contributed by atoms with Crippen molar-refractivity contribution in [3.63, 3.8) is 0 Å². The van der Waals surface area contributed by atoms with Gasteiger partial charge >= 0.3 is 0 Å². The lowest BCUT2D eigenvalue weighted by Crippen LogP contribution is -2.06. The molecule has 4 nitrogen and oxygen atoms in total. The van der Waals surface area contributed by atoms with Gasteiger partial charge in [-0.1, -0.05) is 12.1 Å². The van der Waals surface area contributed by atoms with E-state index in [-0.39, 0.29) is 11.9 Å². The predicted molar refractivity (Wildman–Crippen MR) is 71.5 cm³/mol. The number of hydrogen-bond acceptors (Lipinski definition) is 5. The Labute approximate surface area is 109 Å². The lowest BCUT2D eigenvalue weighted by molar-refractivity contribution is 0.419. The number of hydrogen-bond donors (Lipinski definition) is 2. The van der Waals surface area contributed by atoms with Crippen molar-refractivity contribution in [2.75, 3.05) is 18.2 Å². The number of anilines is 2. The summed E-state index contributed by atoms with van der Waals surface area (Å²) in [5.74, 6) is 0.677. The van der Waals surface area contributed by atoms with E-state index in [1.165, 1.54) is 23.7 Å². The quantitative estimate of drug-likeness (QED) is 0.893. The van der Waals surface area contributed by atoms with Gasteiger partial charge < -0.3 is 15.8 Å². The zero-order chi connectivity index (χ0) is 13.1. The van der Waals surface area contributed by atoms with E-state index in [0.717, 1.165) is 10.6 Å². The summed E-state index contributed by atoms with van der Waals surface area (Å²) in [6.07, 6.45) is 0. The molecule has 2 rings (SSSR count). The zero-order valence-electron chi connectivity index (χ0n) is 10.1. The highest BCUT2D eigenvalue weighted by molar-refractivity contribution is 7.11. The van der Waals surface area contributed by atoms with Crippen molar-refractivity contribution in [3.8, 4) is 5.75 Å². The Bertz CT molecular complexity index is 527. The predicted octanol–water partition coefficient (Wildman–Crippen LogP) is 3.05. The van der Waals surface area contributed by atoms with Crippen LogP contribution >= 0.6 is 11.5 Å². The van der Waals surface area contributed by atoms with Gasteiger partial charge in [0.25, 0.3) is 0 Å². The van der Waals surface area contributed by atoms with Gasteiger partial charge in [-0.15, -0.1) is 0 Å². The van der Waals surface area contributed by atoms with E-state index in [2.05, 4.69) is 9.69 Å². The Morgan fingerprint density at radius 1 is 1.39 bits per heavy atom. The van der Waals surface area contributed by atoms with Crippen LogP contribution in [0.25, 0.3) is 0 Å². The Morgan fingerprint density at radius 2 is 2.06 bits per heavy atom. The van der Waals surface area contributed by atoms with Crippen molar-refractivity contribution in [2.45, 2.75) is 13.0 Å². The van der Waals surface area contributed by atoms with Crippen LogP contribution in [0.4, 0.5) is 15.2 Å². The van der Waals surface area contributed by atoms with Gasteiger partial charge in [0.05, 0.1) is 7.11 Å². The highest BCUT2D eigenvalue weighted by Gasteiger charge is 2.14. The van der Waals surface area contributed by atoms with Crippen LogP contribution in [0.3, 0.4) is 0 Å². The van der Waals surface area contributed by atoms with E-state index < -0.39 is 0 Å². The molecular weight excluding hydrogens is 253 g/mol. The largest absolute Gasteiger partial charge is 0.490 e. The molecule has 3 N–H and O–H groups in total. The molecule has 0 radical (unpaired) electrons. The maximum absolute atomic E-state index is 12.8. The summed E-state index contributed by atoms with van der Waals surface area (Å²) in [4.78, 5) is 0. The number of halogens is 1. The molecule has 6 heteroatoms. The minimum atomic E-state index is -0.245. The van der Waals surface area contributed by atoms with E-state index in [1.807, 2.05) is 6.92 Å². The molecule has 2 aromatic rings. The van der Waals surface area contributed by atoms with Gasteiger partial charge in [-0.2, -0.15) is 4.37 Å². The maximum atomic E-state index is 12.8. The number of nitrogens with one attached hydrogen (secondary N) is 1. The summed E-state index contributed by atoms with van der Waals surface area (Å²) in [5.41, 5.74) is 6.65. The number of nitrogens with zero attached hydrogens (tertiary/aromatic N) is 1. The SMILES string of the molecule is COc1c(N)nsc1NC(C)c1ccc(F)cc1. The lowest BCUT2D eigenvalue weighted by atomic mass is 10.1. The summed E-state index contributed by atoms with van der Waals surface area (Å²) in [6, 6.07) is 6.37. The average Bonchev–Trinajstić information content (AvgIpc) is 2.70. The summed E-state index contributed by atoms with van der Waals surface area (Å²) in [5, 5.41) is 4.02. The molecule has 0 spiro atoms. The Hall–Kier alpha value is -1.82. The molecule has 0 aliphatic rings. The van der Waals surface area contributed by atoms with Crippen LogP contribution < -0.4 is 15.8 Å². The Kier molecular flexibility index (Phi) is 3.66. The Balaban J connectivity index is 2.15. The van der Waals surface area contributed by atoms with Crippen LogP contribution in [0.1, 0.15) is 18.5 Å². The summed E-state index contributed by atoms with van der Waals surface area (Å²) in [6.45, 7) is 1.97. The lowest BCUT2D eigenvalue weighted by Gasteiger charge is -2.14. The van der Waals surface area contributed by atoms with E-state index in [1.54, 1.807) is 19.2 Å². The molecule has 0 saturated heterocycles. The second kappa shape index (κ2) is 5.22. The van der Waals surface area contributed by atoms with E-state index >= 15 is 0 Å². The van der Waals surface area contributed by atoms with Gasteiger partial charge in [-0.05, 0) is 36.2 Å². The van der Waals surface area contributed by atoms with Gasteiger partial charge in [0.1, 0.15) is 5.82 Å². The number of nitrogens with two attached hydrogens (primary N) is 1. The van der Waals surface area contributed by atoms with Gasteiger partial charge in [0.15, 0.2) is 16.6 Å². The van der Waals surface area contributed by atoms with Crippen LogP contribution in [0, 0.1) is 5.82 Å². The van der Waals surface area contributed by atoms with Crippen LogP contribution in [0.5, 0.6) is 5.75 Å². The third-order valence-electron chi connectivity index (χ3n) is 2.60. The molecule has 0 saturated carbocycles. The minimum Gasteiger partial charge on any atom is -0.490 e. The van der Waals surface area contributed by atoms with Gasteiger partial charge in [0.2, 0.25) is 0 Å². The van der Waals surface area contributed by atoms with Crippen molar-refractivity contribution < 1.29 is 9.13 Å². The number of benzene rings is 1. The highest BCUT2D eigenvalue weighted by atomic mass is 32.1. The Morgan fingerprint density at radius 3 is 2.67 bits per heavy atom. The number of ether oxygens (including phenoxy) is 1. The molecule has 0 fully saturated rings. The molecule has 1 aromatic carbocycles. The molecule has 96 valence electrons. The molecule has 18 heavy (non-hydrogen) atoms. The van der Waals surface area contributed by atoms with Gasteiger partial charge in [0, 0.05) is 6.04 Å². The second-order valence-corrected chi connectivity index (χ2v) is 4.62. The molecule has 1 unspecified atom stereocenters. The van der Waals surface area contributed by atoms with E-state index in [0.29, 0.717) is 11.6 Å². The van der Waals surface area contributed by atoms with Crippen LogP contribution in [0.15, 0.2) is 24.3 Å². The molecule has 1 heterocycles. The average molecular weight is 267 g/mol. The van der Waals surface area contributed by atoms with Crippen molar-refractivity contribution in [1.82, 2.24) is 4.37 Å². The highest BCUT2D eigenvalue weighted by Crippen LogP contribution is 2.36. The fraction of sp³-hybridized carbons (Fsp3) is 0.250. The second-order valence-electron chi connectivity index (χ2n) is 3.85. The third-order valence-corrected chi connectivity index (χ3v) is 3.37. The van der Waals surface area contributed by atoms with E-state index in [9.17, 15) is 4.39 Å². The van der Waals surface area contributed by atoms with Crippen molar-refractivity contribution in [3.05, 3.63) is 35.6 Å². The summed E-state index contributed by atoms with van der Waals surface area (Å²) < 4.78 is 22.0. The first-order valence-corrected chi connectivity index (χ1v) is 6.20. The van der Waals surface area contributed by atoms with Crippen molar-refractivity contribution in [2.24, 2.45) is 0 Å². The summed E-state index contributed by atoms with van der Waals surface area (Å²) in [7, 11) is 1.55. The molecular formula is C12H14FN3OS. The monoisotopic (exact) mass is 267 g/mol. The maximum Gasteiger partial charge on any atom is 0.197 e. The first-order chi connectivity index (χ1) is 8.61. The van der Waals surface area contributed by atoms with Crippen LogP contribution in [0.2, 0.25) is 0 Å². The number of aromatic nitrogens is 1. The van der Waals surface area contributed by atoms with E-state index in [4.69, 9.17) is 10.5 Å². The van der Waals surface area contributed by atoms with Crippen molar-refractivity contribution in [1.29, 1.82) is 0 Å². The topological polar surface area (TPSA) is 60.2 Å². The standard InChI is InChI=1S/C12H14FN3OS/c1-7(8-3-5-9(13)6-4-8)15-12-10(17-2)11(14)16-18-12/h3-7,15H,1-2H3,(H2,14,16). The molecule has 0 aliphatic heterocycles. The van der Waals surface area contributed by atoms with Gasteiger partial charge in [-0.25, -0.2) is 4.39 Å². The van der Waals surface area contributed by atoms with Crippen LogP contribution in [-0.4, -0.2) is 11.5 Å². The smallest absolute Gasteiger partial charge is 0.197 e.